The van der Waals surface area contributed by atoms with Crippen molar-refractivity contribution in [2.24, 2.45) is 11.8 Å². The summed E-state index contributed by atoms with van der Waals surface area (Å²) < 4.78 is 0. The standard InChI is InChI=1S/C22H29N5/c1-2-9-23-21(6-1)22-24-10-19(11-25-22)13-26-12-18-7-8-20(16-26)27(15-18)14-17-4-3-5-17/h1-2,6,9-11,17-18,20H,3-5,7-8,12-16H2. The van der Waals surface area contributed by atoms with E-state index in [9.17, 15) is 0 Å². The molecule has 5 heterocycles. The maximum atomic E-state index is 4.55. The Morgan fingerprint density at radius 3 is 2.56 bits per heavy atom. The van der Waals surface area contributed by atoms with Gasteiger partial charge in [0, 0.05) is 62.9 Å². The number of nitrogens with zero attached hydrogens (tertiary/aromatic N) is 5. The van der Waals surface area contributed by atoms with Crippen LogP contribution in [0.1, 0.15) is 37.7 Å². The van der Waals surface area contributed by atoms with Crippen molar-refractivity contribution in [2.45, 2.75) is 44.7 Å². The van der Waals surface area contributed by atoms with Gasteiger partial charge in [-0.2, -0.15) is 0 Å². The van der Waals surface area contributed by atoms with E-state index in [0.29, 0.717) is 5.82 Å². The van der Waals surface area contributed by atoms with Crippen LogP contribution in [0, 0.1) is 11.8 Å². The SMILES string of the molecule is c1ccc(-c2ncc(CN3CC4CCC(C3)N(CC3CCC3)C4)cn2)nc1. The first kappa shape index (κ1) is 17.3. The molecule has 6 rings (SSSR count). The Morgan fingerprint density at radius 2 is 1.81 bits per heavy atom. The molecule has 3 saturated heterocycles. The van der Waals surface area contributed by atoms with Crippen molar-refractivity contribution >= 4 is 0 Å². The summed E-state index contributed by atoms with van der Waals surface area (Å²) in [5.41, 5.74) is 2.05. The van der Waals surface area contributed by atoms with Gasteiger partial charge in [-0.15, -0.1) is 0 Å². The third kappa shape index (κ3) is 3.90. The topological polar surface area (TPSA) is 45.2 Å². The van der Waals surface area contributed by atoms with Gasteiger partial charge in [-0.05, 0) is 49.7 Å². The minimum atomic E-state index is 0.710. The van der Waals surface area contributed by atoms with Gasteiger partial charge in [-0.3, -0.25) is 14.8 Å². The largest absolute Gasteiger partial charge is 0.299 e. The van der Waals surface area contributed by atoms with Crippen LogP contribution in [0.15, 0.2) is 36.8 Å². The second-order valence-corrected chi connectivity index (χ2v) is 8.67. The first-order chi connectivity index (χ1) is 13.3. The fourth-order valence-electron chi connectivity index (χ4n) is 4.96. The highest BCUT2D eigenvalue weighted by Crippen LogP contribution is 2.33. The van der Waals surface area contributed by atoms with Crippen LogP contribution in [0.5, 0.6) is 0 Å². The lowest BCUT2D eigenvalue weighted by molar-refractivity contribution is 0.0891. The molecule has 1 aliphatic carbocycles. The fourth-order valence-corrected chi connectivity index (χ4v) is 4.96. The summed E-state index contributed by atoms with van der Waals surface area (Å²) in [5.74, 6) is 2.52. The molecular weight excluding hydrogens is 334 g/mol. The van der Waals surface area contributed by atoms with Crippen LogP contribution in [0.4, 0.5) is 0 Å². The smallest absolute Gasteiger partial charge is 0.178 e. The summed E-state index contributed by atoms with van der Waals surface area (Å²) in [6, 6.07) is 6.60. The summed E-state index contributed by atoms with van der Waals surface area (Å²) >= 11 is 0. The van der Waals surface area contributed by atoms with Crippen LogP contribution in [0.2, 0.25) is 0 Å². The van der Waals surface area contributed by atoms with Crippen LogP contribution < -0.4 is 0 Å². The van der Waals surface area contributed by atoms with Crippen LogP contribution in [0.25, 0.3) is 11.5 Å². The molecule has 4 fully saturated rings. The minimum Gasteiger partial charge on any atom is -0.299 e. The minimum absolute atomic E-state index is 0.710. The second-order valence-electron chi connectivity index (χ2n) is 8.67. The number of pyridine rings is 1. The number of hydrogen-bond acceptors (Lipinski definition) is 5. The predicted molar refractivity (Wildman–Crippen MR) is 106 cm³/mol. The molecule has 0 amide bonds. The summed E-state index contributed by atoms with van der Waals surface area (Å²) in [6.07, 6.45) is 12.9. The highest BCUT2D eigenvalue weighted by molar-refractivity contribution is 5.47. The van der Waals surface area contributed by atoms with Gasteiger partial charge in [0.2, 0.25) is 0 Å². The molecular formula is C22H29N5. The summed E-state index contributed by atoms with van der Waals surface area (Å²) in [6.45, 7) is 6.04. The van der Waals surface area contributed by atoms with Crippen molar-refractivity contribution in [3.8, 4) is 11.5 Å². The zero-order chi connectivity index (χ0) is 18.1. The zero-order valence-corrected chi connectivity index (χ0v) is 16.0. The molecule has 5 nitrogen and oxygen atoms in total. The maximum absolute atomic E-state index is 4.55. The van der Waals surface area contributed by atoms with Gasteiger partial charge >= 0.3 is 0 Å². The van der Waals surface area contributed by atoms with E-state index in [1.54, 1.807) is 6.20 Å². The Labute approximate surface area is 161 Å². The molecule has 2 aromatic rings. The molecule has 4 aliphatic rings. The first-order valence-corrected chi connectivity index (χ1v) is 10.5. The molecule has 0 N–H and O–H groups in total. The van der Waals surface area contributed by atoms with Crippen molar-refractivity contribution in [3.63, 3.8) is 0 Å². The fraction of sp³-hybridized carbons (Fsp3) is 0.591. The molecule has 5 heteroatoms. The van der Waals surface area contributed by atoms with Gasteiger partial charge in [0.1, 0.15) is 5.69 Å². The van der Waals surface area contributed by atoms with Gasteiger partial charge in [-0.1, -0.05) is 12.5 Å². The molecule has 1 saturated carbocycles. The summed E-state index contributed by atoms with van der Waals surface area (Å²) in [4.78, 5) is 18.9. The van der Waals surface area contributed by atoms with Crippen molar-refractivity contribution in [2.75, 3.05) is 26.2 Å². The van der Waals surface area contributed by atoms with Crippen LogP contribution in [-0.4, -0.2) is 57.0 Å². The number of aromatic nitrogens is 3. The molecule has 27 heavy (non-hydrogen) atoms. The molecule has 3 aliphatic heterocycles. The predicted octanol–water partition coefficient (Wildman–Crippen LogP) is 3.23. The average Bonchev–Trinajstić information content (AvgIpc) is 2.96. The molecule has 0 aromatic carbocycles. The van der Waals surface area contributed by atoms with E-state index in [2.05, 4.69) is 24.8 Å². The zero-order valence-electron chi connectivity index (χ0n) is 16.0. The molecule has 2 unspecified atom stereocenters. The van der Waals surface area contributed by atoms with Gasteiger partial charge < -0.3 is 0 Å². The maximum Gasteiger partial charge on any atom is 0.178 e. The summed E-state index contributed by atoms with van der Waals surface area (Å²) in [7, 11) is 0. The average molecular weight is 364 g/mol. The Kier molecular flexibility index (Phi) is 4.89. The van der Waals surface area contributed by atoms with Gasteiger partial charge in [0.25, 0.3) is 0 Å². The Bertz CT molecular complexity index is 743. The lowest BCUT2D eigenvalue weighted by Crippen LogP contribution is -2.46. The normalized spacial score (nSPS) is 26.7. The number of fused-ring (bicyclic) bond motifs is 4. The van der Waals surface area contributed by atoms with Crippen molar-refractivity contribution < 1.29 is 0 Å². The van der Waals surface area contributed by atoms with Crippen LogP contribution in [-0.2, 0) is 6.54 Å². The van der Waals surface area contributed by atoms with Crippen LogP contribution in [0.3, 0.4) is 0 Å². The first-order valence-electron chi connectivity index (χ1n) is 10.5. The summed E-state index contributed by atoms with van der Waals surface area (Å²) in [5, 5.41) is 0. The van der Waals surface area contributed by atoms with Gasteiger partial charge in [0.15, 0.2) is 5.82 Å². The highest BCUT2D eigenvalue weighted by atomic mass is 15.3. The highest BCUT2D eigenvalue weighted by Gasteiger charge is 2.36. The molecule has 2 aromatic heterocycles. The molecule has 0 spiro atoms. The Hall–Kier alpha value is -1.85. The van der Waals surface area contributed by atoms with Crippen LogP contribution >= 0.6 is 0 Å². The molecule has 142 valence electrons. The third-order valence-corrected chi connectivity index (χ3v) is 6.63. The van der Waals surface area contributed by atoms with E-state index in [-0.39, 0.29) is 0 Å². The van der Waals surface area contributed by atoms with E-state index in [4.69, 9.17) is 0 Å². The quantitative estimate of drug-likeness (QED) is 0.816. The molecule has 2 bridgehead atoms. The molecule has 2 atom stereocenters. The van der Waals surface area contributed by atoms with Crippen molar-refractivity contribution in [3.05, 3.63) is 42.4 Å². The Balaban J connectivity index is 1.23. The lowest BCUT2D eigenvalue weighted by Gasteiger charge is -2.40. The second kappa shape index (κ2) is 7.64. The number of piperidine rings is 1. The van der Waals surface area contributed by atoms with Crippen molar-refractivity contribution in [1.29, 1.82) is 0 Å². The van der Waals surface area contributed by atoms with Gasteiger partial charge in [0.05, 0.1) is 0 Å². The Morgan fingerprint density at radius 1 is 0.926 bits per heavy atom. The third-order valence-electron chi connectivity index (χ3n) is 6.63. The van der Waals surface area contributed by atoms with Crippen molar-refractivity contribution in [1.82, 2.24) is 24.8 Å². The van der Waals surface area contributed by atoms with E-state index in [0.717, 1.165) is 30.1 Å². The van der Waals surface area contributed by atoms with E-state index < -0.39 is 0 Å². The van der Waals surface area contributed by atoms with E-state index in [1.807, 2.05) is 30.6 Å². The molecule has 0 radical (unpaired) electrons. The van der Waals surface area contributed by atoms with E-state index >= 15 is 0 Å². The number of rotatable bonds is 5. The van der Waals surface area contributed by atoms with Gasteiger partial charge in [-0.25, -0.2) is 9.97 Å². The monoisotopic (exact) mass is 363 g/mol. The number of hydrogen-bond donors (Lipinski definition) is 0. The lowest BCUT2D eigenvalue weighted by atomic mass is 9.83. The van der Waals surface area contributed by atoms with E-state index in [1.165, 1.54) is 63.8 Å².